The van der Waals surface area contributed by atoms with Gasteiger partial charge in [0.25, 0.3) is 0 Å². The number of fused-ring (bicyclic) bond motifs is 2. The standard InChI is InChI=1S/C16H17NO2S/c1-10-5-12(9-17)6-11(2)16(10)13-7-14-3-4-15(8-13)20(14,18)19/h5-7,14-15H,3-4,8H2,1-2H3. The van der Waals surface area contributed by atoms with Gasteiger partial charge in [0.1, 0.15) is 0 Å². The Morgan fingerprint density at radius 3 is 2.40 bits per heavy atom. The largest absolute Gasteiger partial charge is 0.228 e. The van der Waals surface area contributed by atoms with E-state index in [9.17, 15) is 8.42 Å². The third-order valence-electron chi connectivity index (χ3n) is 4.48. The zero-order valence-corrected chi connectivity index (χ0v) is 12.5. The van der Waals surface area contributed by atoms with Crippen LogP contribution in [-0.4, -0.2) is 18.9 Å². The molecule has 2 atom stereocenters. The number of benzene rings is 1. The fraction of sp³-hybridized carbons (Fsp3) is 0.438. The molecule has 2 bridgehead atoms. The molecular weight excluding hydrogens is 270 g/mol. The number of aryl methyl sites for hydroxylation is 2. The molecule has 0 spiro atoms. The third kappa shape index (κ3) is 1.89. The molecule has 4 heteroatoms. The summed E-state index contributed by atoms with van der Waals surface area (Å²) in [5, 5.41) is 8.50. The minimum absolute atomic E-state index is 0.207. The number of nitriles is 1. The van der Waals surface area contributed by atoms with Crippen molar-refractivity contribution in [2.45, 2.75) is 43.6 Å². The summed E-state index contributed by atoms with van der Waals surface area (Å²) in [4.78, 5) is 0. The van der Waals surface area contributed by atoms with Gasteiger partial charge in [0.05, 0.1) is 22.1 Å². The average Bonchev–Trinajstić information content (AvgIpc) is 2.57. The summed E-state index contributed by atoms with van der Waals surface area (Å²) < 4.78 is 24.3. The van der Waals surface area contributed by atoms with E-state index in [4.69, 9.17) is 5.26 Å². The summed E-state index contributed by atoms with van der Waals surface area (Å²) in [6.07, 6.45) is 4.10. The van der Waals surface area contributed by atoms with Crippen LogP contribution in [0.5, 0.6) is 0 Å². The van der Waals surface area contributed by atoms with Gasteiger partial charge in [-0.3, -0.25) is 0 Å². The number of hydrogen-bond donors (Lipinski definition) is 0. The number of hydrogen-bond acceptors (Lipinski definition) is 3. The van der Waals surface area contributed by atoms with Crippen molar-refractivity contribution in [1.29, 1.82) is 5.26 Å². The van der Waals surface area contributed by atoms with Crippen molar-refractivity contribution in [3.63, 3.8) is 0 Å². The maximum absolute atomic E-state index is 12.1. The van der Waals surface area contributed by atoms with E-state index < -0.39 is 9.84 Å². The van der Waals surface area contributed by atoms with Gasteiger partial charge in [-0.1, -0.05) is 6.08 Å². The van der Waals surface area contributed by atoms with Crippen LogP contribution in [0.1, 0.15) is 41.5 Å². The molecule has 2 unspecified atom stereocenters. The van der Waals surface area contributed by atoms with Crippen molar-refractivity contribution in [3.8, 4) is 6.07 Å². The predicted molar refractivity (Wildman–Crippen MR) is 79.0 cm³/mol. The van der Waals surface area contributed by atoms with Crippen molar-refractivity contribution in [3.05, 3.63) is 40.5 Å². The fourth-order valence-electron chi connectivity index (χ4n) is 3.58. The van der Waals surface area contributed by atoms with Gasteiger partial charge < -0.3 is 0 Å². The quantitative estimate of drug-likeness (QED) is 0.798. The molecular formula is C16H17NO2S. The molecule has 3 rings (SSSR count). The minimum atomic E-state index is -2.94. The first-order valence-electron chi connectivity index (χ1n) is 6.88. The van der Waals surface area contributed by atoms with Gasteiger partial charge in [0.2, 0.25) is 0 Å². The molecule has 0 aliphatic carbocycles. The monoisotopic (exact) mass is 287 g/mol. The lowest BCUT2D eigenvalue weighted by atomic mass is 9.91. The van der Waals surface area contributed by atoms with Crippen LogP contribution >= 0.6 is 0 Å². The molecule has 0 radical (unpaired) electrons. The van der Waals surface area contributed by atoms with Crippen LogP contribution < -0.4 is 0 Å². The van der Waals surface area contributed by atoms with Gasteiger partial charge in [-0.2, -0.15) is 5.26 Å². The van der Waals surface area contributed by atoms with Gasteiger partial charge in [-0.05, 0) is 67.5 Å². The molecule has 0 aromatic heterocycles. The van der Waals surface area contributed by atoms with Crippen LogP contribution in [-0.2, 0) is 9.84 Å². The van der Waals surface area contributed by atoms with Crippen LogP contribution in [0.15, 0.2) is 18.2 Å². The van der Waals surface area contributed by atoms with E-state index in [1.165, 1.54) is 0 Å². The summed E-state index contributed by atoms with van der Waals surface area (Å²) in [5.41, 5.74) is 5.07. The van der Waals surface area contributed by atoms with Crippen molar-refractivity contribution < 1.29 is 8.42 Å². The fourth-order valence-corrected chi connectivity index (χ4v) is 5.77. The number of allylic oxidation sites excluding steroid dienone is 1. The van der Waals surface area contributed by atoms with Crippen LogP contribution in [0, 0.1) is 25.2 Å². The maximum Gasteiger partial charge on any atom is 0.159 e. The zero-order chi connectivity index (χ0) is 14.5. The van der Waals surface area contributed by atoms with E-state index >= 15 is 0 Å². The summed E-state index contributed by atoms with van der Waals surface area (Å²) >= 11 is 0. The Morgan fingerprint density at radius 2 is 1.85 bits per heavy atom. The molecule has 1 aromatic rings. The second-order valence-corrected chi connectivity index (χ2v) is 8.27. The molecule has 0 amide bonds. The number of sulfone groups is 1. The summed E-state index contributed by atoms with van der Waals surface area (Å²) in [7, 11) is -2.94. The zero-order valence-electron chi connectivity index (χ0n) is 11.7. The number of rotatable bonds is 1. The number of nitrogens with zero attached hydrogens (tertiary/aromatic N) is 1. The first kappa shape index (κ1) is 13.4. The molecule has 2 aliphatic rings. The van der Waals surface area contributed by atoms with Gasteiger partial charge >= 0.3 is 0 Å². The van der Waals surface area contributed by atoms with E-state index in [0.717, 1.165) is 35.1 Å². The Hall–Kier alpha value is -1.60. The van der Waals surface area contributed by atoms with Gasteiger partial charge in [-0.15, -0.1) is 0 Å². The molecule has 1 fully saturated rings. The highest BCUT2D eigenvalue weighted by Gasteiger charge is 2.43. The van der Waals surface area contributed by atoms with Crippen LogP contribution in [0.25, 0.3) is 5.57 Å². The van der Waals surface area contributed by atoms with E-state index in [2.05, 4.69) is 6.07 Å². The Balaban J connectivity index is 2.11. The van der Waals surface area contributed by atoms with Crippen molar-refractivity contribution in [2.24, 2.45) is 0 Å². The third-order valence-corrected chi connectivity index (χ3v) is 7.02. The maximum atomic E-state index is 12.1. The van der Waals surface area contributed by atoms with Crippen LogP contribution in [0.3, 0.4) is 0 Å². The Kier molecular flexibility index (Phi) is 2.98. The van der Waals surface area contributed by atoms with Crippen LogP contribution in [0.2, 0.25) is 0 Å². The normalized spacial score (nSPS) is 26.9. The van der Waals surface area contributed by atoms with E-state index in [0.29, 0.717) is 12.0 Å². The lowest BCUT2D eigenvalue weighted by Gasteiger charge is -2.23. The molecule has 20 heavy (non-hydrogen) atoms. The van der Waals surface area contributed by atoms with Crippen LogP contribution in [0.4, 0.5) is 0 Å². The molecule has 2 heterocycles. The SMILES string of the molecule is Cc1cc(C#N)cc(C)c1C1=CC2CCC(C1)S2(=O)=O. The summed E-state index contributed by atoms with van der Waals surface area (Å²) in [5.74, 6) is 0. The summed E-state index contributed by atoms with van der Waals surface area (Å²) in [6.45, 7) is 3.99. The van der Waals surface area contributed by atoms with E-state index in [1.807, 2.05) is 32.1 Å². The highest BCUT2D eigenvalue weighted by Crippen LogP contribution is 2.42. The van der Waals surface area contributed by atoms with Gasteiger partial charge in [0, 0.05) is 0 Å². The molecule has 1 aromatic carbocycles. The van der Waals surface area contributed by atoms with Crippen molar-refractivity contribution in [1.82, 2.24) is 0 Å². The Bertz CT molecular complexity index is 730. The van der Waals surface area contributed by atoms with E-state index in [1.54, 1.807) is 0 Å². The van der Waals surface area contributed by atoms with E-state index in [-0.39, 0.29) is 10.5 Å². The first-order chi connectivity index (χ1) is 9.43. The second-order valence-electron chi connectivity index (χ2n) is 5.82. The smallest absolute Gasteiger partial charge is 0.159 e. The highest BCUT2D eigenvalue weighted by molar-refractivity contribution is 7.93. The Morgan fingerprint density at radius 1 is 1.20 bits per heavy atom. The second kappa shape index (κ2) is 4.46. The lowest BCUT2D eigenvalue weighted by Crippen LogP contribution is -2.26. The molecule has 1 saturated heterocycles. The van der Waals surface area contributed by atoms with Gasteiger partial charge in [-0.25, -0.2) is 8.42 Å². The topological polar surface area (TPSA) is 57.9 Å². The molecule has 104 valence electrons. The first-order valence-corrected chi connectivity index (χ1v) is 8.49. The minimum Gasteiger partial charge on any atom is -0.228 e. The van der Waals surface area contributed by atoms with Crippen molar-refractivity contribution >= 4 is 15.4 Å². The van der Waals surface area contributed by atoms with Gasteiger partial charge in [0.15, 0.2) is 9.84 Å². The molecule has 0 N–H and O–H groups in total. The average molecular weight is 287 g/mol. The molecule has 3 nitrogen and oxygen atoms in total. The summed E-state index contributed by atoms with van der Waals surface area (Å²) in [6, 6.07) is 5.93. The lowest BCUT2D eigenvalue weighted by molar-refractivity contribution is 0.585. The van der Waals surface area contributed by atoms with Crippen molar-refractivity contribution in [2.75, 3.05) is 0 Å². The highest BCUT2D eigenvalue weighted by atomic mass is 32.2. The molecule has 0 saturated carbocycles. The molecule has 2 aliphatic heterocycles. The Labute approximate surface area is 119 Å². The predicted octanol–water partition coefficient (Wildman–Crippen LogP) is 2.91.